The van der Waals surface area contributed by atoms with E-state index in [9.17, 15) is 9.59 Å². The van der Waals surface area contributed by atoms with Gasteiger partial charge in [0, 0.05) is 60.4 Å². The van der Waals surface area contributed by atoms with E-state index in [4.69, 9.17) is 9.47 Å². The Kier molecular flexibility index (Phi) is 6.37. The molecule has 1 spiro atoms. The number of carbonyl (C=O) groups excluding carboxylic acids is 2. The van der Waals surface area contributed by atoms with E-state index in [-0.39, 0.29) is 29.1 Å². The summed E-state index contributed by atoms with van der Waals surface area (Å²) in [7, 11) is 0. The summed E-state index contributed by atoms with van der Waals surface area (Å²) in [6.45, 7) is 6.56. The van der Waals surface area contributed by atoms with Gasteiger partial charge in [-0.2, -0.15) is 0 Å². The van der Waals surface area contributed by atoms with Crippen LogP contribution < -0.4 is 14.8 Å². The summed E-state index contributed by atoms with van der Waals surface area (Å²) < 4.78 is 12.6. The summed E-state index contributed by atoms with van der Waals surface area (Å²) in [6.07, 6.45) is 3.92. The summed E-state index contributed by atoms with van der Waals surface area (Å²) in [5.74, 6) is 2.11. The van der Waals surface area contributed by atoms with Gasteiger partial charge in [-0.05, 0) is 32.3 Å². The number of para-hydroxylation sites is 1. The molecule has 1 N–H and O–H groups in total. The van der Waals surface area contributed by atoms with Crippen molar-refractivity contribution in [1.29, 1.82) is 0 Å². The highest BCUT2D eigenvalue weighted by Crippen LogP contribution is 2.52. The lowest BCUT2D eigenvalue weighted by Crippen LogP contribution is -2.50. The second-order valence-corrected chi connectivity index (χ2v) is 11.7. The smallest absolute Gasteiger partial charge is 0.234 e. The van der Waals surface area contributed by atoms with E-state index in [0.717, 1.165) is 55.0 Å². The van der Waals surface area contributed by atoms with Crippen LogP contribution in [-0.4, -0.2) is 72.5 Å². The van der Waals surface area contributed by atoms with E-state index < -0.39 is 0 Å². The summed E-state index contributed by atoms with van der Waals surface area (Å²) in [4.78, 5) is 36.2. The molecule has 2 amide bonds. The zero-order chi connectivity index (χ0) is 24.7. The predicted molar refractivity (Wildman–Crippen MR) is 136 cm³/mol. The Morgan fingerprint density at radius 3 is 2.94 bits per heavy atom. The minimum absolute atomic E-state index is 0.00610. The number of hydrogen-bond acceptors (Lipinski definition) is 7. The molecule has 5 heterocycles. The van der Waals surface area contributed by atoms with Gasteiger partial charge in [-0.25, -0.2) is 4.98 Å². The fourth-order valence-electron chi connectivity index (χ4n) is 6.04. The van der Waals surface area contributed by atoms with Crippen molar-refractivity contribution in [3.63, 3.8) is 0 Å². The molecule has 36 heavy (non-hydrogen) atoms. The Morgan fingerprint density at radius 1 is 1.28 bits per heavy atom. The summed E-state index contributed by atoms with van der Waals surface area (Å²) in [5, 5.41) is 3.24. The van der Waals surface area contributed by atoms with E-state index in [0.29, 0.717) is 45.9 Å². The highest BCUT2D eigenvalue weighted by molar-refractivity contribution is 7.09. The van der Waals surface area contributed by atoms with Crippen molar-refractivity contribution >= 4 is 23.2 Å². The Morgan fingerprint density at radius 2 is 2.17 bits per heavy atom. The number of nitrogens with one attached hydrogen (secondary N) is 1. The lowest BCUT2D eigenvalue weighted by Gasteiger charge is -2.40. The van der Waals surface area contributed by atoms with Crippen molar-refractivity contribution < 1.29 is 19.1 Å². The zero-order valence-corrected chi connectivity index (χ0v) is 21.6. The number of benzene rings is 1. The number of carbonyl (C=O) groups is 2. The molecule has 1 saturated heterocycles. The second kappa shape index (κ2) is 9.67. The number of ether oxygens (including phenoxy) is 2. The molecule has 2 aromatic rings. The molecule has 4 aliphatic heterocycles. The van der Waals surface area contributed by atoms with Crippen LogP contribution in [0.25, 0.3) is 0 Å². The van der Waals surface area contributed by atoms with Gasteiger partial charge in [0.1, 0.15) is 0 Å². The number of hydrogen-bond donors (Lipinski definition) is 1. The van der Waals surface area contributed by atoms with E-state index in [1.165, 1.54) is 4.88 Å². The van der Waals surface area contributed by atoms with Crippen molar-refractivity contribution in [2.75, 3.05) is 45.9 Å². The van der Waals surface area contributed by atoms with Gasteiger partial charge < -0.3 is 19.7 Å². The normalized spacial score (nSPS) is 26.9. The lowest BCUT2D eigenvalue weighted by atomic mass is 9.73. The van der Waals surface area contributed by atoms with Gasteiger partial charge in [-0.15, -0.1) is 11.3 Å². The average molecular weight is 511 g/mol. The first-order valence-corrected chi connectivity index (χ1v) is 14.0. The van der Waals surface area contributed by atoms with E-state index in [2.05, 4.69) is 21.3 Å². The number of thiazole rings is 1. The zero-order valence-electron chi connectivity index (χ0n) is 20.8. The maximum atomic E-state index is 13.2. The van der Waals surface area contributed by atoms with Crippen LogP contribution in [-0.2, 0) is 16.1 Å². The Bertz CT molecular complexity index is 1150. The number of likely N-dealkylation sites (tertiary alicyclic amines) is 1. The molecule has 5 aliphatic rings. The topological polar surface area (TPSA) is 84.0 Å². The molecule has 0 radical (unpaired) electrons. The van der Waals surface area contributed by atoms with Crippen LogP contribution in [0.4, 0.5) is 0 Å². The van der Waals surface area contributed by atoms with Crippen molar-refractivity contribution in [2.45, 2.75) is 45.1 Å². The molecule has 192 valence electrons. The molecule has 4 bridgehead atoms. The maximum Gasteiger partial charge on any atom is 0.234 e. The van der Waals surface area contributed by atoms with Gasteiger partial charge in [-0.3, -0.25) is 14.5 Å². The van der Waals surface area contributed by atoms with Gasteiger partial charge in [0.15, 0.2) is 11.5 Å². The van der Waals surface area contributed by atoms with Crippen LogP contribution in [0, 0.1) is 18.3 Å². The van der Waals surface area contributed by atoms with Crippen molar-refractivity contribution in [3.05, 3.63) is 39.8 Å². The number of nitrogens with zero attached hydrogens (tertiary/aromatic N) is 3. The number of amides is 2. The van der Waals surface area contributed by atoms with Gasteiger partial charge in [0.2, 0.25) is 11.8 Å². The average Bonchev–Trinajstić information content (AvgIpc) is 3.43. The first-order valence-electron chi connectivity index (χ1n) is 13.1. The SMILES string of the molecule is Cc1ncsc1CN1CCCOc2cccc3c2OC[C@@]2(CNC(=O)C1)CN(C(=O)C1CCC1)C[C@@H]32. The molecule has 2 fully saturated rings. The van der Waals surface area contributed by atoms with Crippen LogP contribution in [0.5, 0.6) is 11.5 Å². The highest BCUT2D eigenvalue weighted by atomic mass is 32.1. The lowest BCUT2D eigenvalue weighted by molar-refractivity contribution is -0.137. The van der Waals surface area contributed by atoms with Crippen molar-refractivity contribution in [3.8, 4) is 11.5 Å². The number of aromatic nitrogens is 1. The van der Waals surface area contributed by atoms with Gasteiger partial charge >= 0.3 is 0 Å². The third-order valence-electron chi connectivity index (χ3n) is 8.40. The fraction of sp³-hybridized carbons (Fsp3) is 0.593. The summed E-state index contributed by atoms with van der Waals surface area (Å²) >= 11 is 1.63. The van der Waals surface area contributed by atoms with E-state index in [1.54, 1.807) is 11.3 Å². The van der Waals surface area contributed by atoms with Gasteiger partial charge in [0.25, 0.3) is 0 Å². The molecular formula is C27H34N4O4S. The third-order valence-corrected chi connectivity index (χ3v) is 9.32. The minimum atomic E-state index is -0.343. The highest BCUT2D eigenvalue weighted by Gasteiger charge is 2.53. The van der Waals surface area contributed by atoms with Gasteiger partial charge in [0.05, 0.1) is 31.0 Å². The van der Waals surface area contributed by atoms with Crippen LogP contribution in [0.2, 0.25) is 0 Å². The minimum Gasteiger partial charge on any atom is -0.490 e. The number of rotatable bonds is 3. The molecule has 7 rings (SSSR count). The standard InChI is InChI=1S/C27H34N4O4S/c1-18-23(36-17-29-18)12-30-9-4-10-34-22-8-3-7-20-21-11-31(26(33)19-5-2-6-19)15-27(21,16-35-25(20)22)14-28-24(32)13-30/h3,7-8,17,19,21H,2,4-6,9-16H2,1H3,(H,28,32)/t21-,27+/m0/s1. The largest absolute Gasteiger partial charge is 0.490 e. The summed E-state index contributed by atoms with van der Waals surface area (Å²) in [5.41, 5.74) is 3.63. The van der Waals surface area contributed by atoms with E-state index in [1.807, 2.05) is 29.5 Å². The molecular weight excluding hydrogens is 476 g/mol. The third kappa shape index (κ3) is 4.36. The van der Waals surface area contributed by atoms with Gasteiger partial charge in [-0.1, -0.05) is 18.6 Å². The molecule has 0 unspecified atom stereocenters. The van der Waals surface area contributed by atoms with Crippen LogP contribution in [0.1, 0.15) is 47.7 Å². The first-order chi connectivity index (χ1) is 17.5. The first kappa shape index (κ1) is 23.7. The predicted octanol–water partition coefficient (Wildman–Crippen LogP) is 2.96. The maximum absolute atomic E-state index is 13.2. The number of aryl methyl sites for hydroxylation is 1. The Hall–Kier alpha value is -2.65. The molecule has 1 aromatic heterocycles. The fourth-order valence-corrected chi connectivity index (χ4v) is 6.86. The molecule has 8 nitrogen and oxygen atoms in total. The molecule has 1 saturated carbocycles. The van der Waals surface area contributed by atoms with Crippen LogP contribution in [0.3, 0.4) is 0 Å². The number of fused-ring (bicyclic) bond motifs is 9. The quantitative estimate of drug-likeness (QED) is 0.684. The van der Waals surface area contributed by atoms with Crippen molar-refractivity contribution in [2.24, 2.45) is 11.3 Å². The monoisotopic (exact) mass is 510 g/mol. The molecule has 9 heteroatoms. The Labute approximate surface area is 216 Å². The molecule has 1 aliphatic carbocycles. The van der Waals surface area contributed by atoms with E-state index >= 15 is 0 Å². The van der Waals surface area contributed by atoms with Crippen LogP contribution >= 0.6 is 11.3 Å². The van der Waals surface area contributed by atoms with Crippen molar-refractivity contribution in [1.82, 2.24) is 20.1 Å². The Balaban J connectivity index is 1.28. The summed E-state index contributed by atoms with van der Waals surface area (Å²) in [6, 6.07) is 6.10. The van der Waals surface area contributed by atoms with Crippen LogP contribution in [0.15, 0.2) is 23.7 Å². The molecule has 2 atom stereocenters. The molecule has 1 aromatic carbocycles. The second-order valence-electron chi connectivity index (χ2n) is 10.8.